The van der Waals surface area contributed by atoms with Crippen molar-refractivity contribution in [3.63, 3.8) is 0 Å². The molecule has 1 atom stereocenters. The Morgan fingerprint density at radius 1 is 1.19 bits per heavy atom. The molecule has 1 amide bonds. The minimum absolute atomic E-state index is 0.242. The first-order chi connectivity index (χ1) is 15.6. The van der Waals surface area contributed by atoms with Gasteiger partial charge in [0.25, 0.3) is 5.91 Å². The standard InChI is InChI=1S/C24H27N5O3/c1-4-5-14-32-18-12-10-17(11-13-18)22-21(16(2)27-24-25-15-26-29(22)24)23(30)28-19-8-6-7-9-20(19)31-3/h6-13,15,22H,4-5,14H2,1-3H3,(H,28,30)(H,25,26,27). The van der Waals surface area contributed by atoms with E-state index in [1.807, 2.05) is 43.3 Å². The minimum atomic E-state index is -0.437. The van der Waals surface area contributed by atoms with Gasteiger partial charge in [0.1, 0.15) is 23.9 Å². The average Bonchev–Trinajstić information content (AvgIpc) is 3.27. The summed E-state index contributed by atoms with van der Waals surface area (Å²) in [5, 5.41) is 10.5. The SMILES string of the molecule is CCCCOc1ccc(C2C(C(=O)Nc3ccccc3OC)=C(C)Nc3ncnn32)cc1. The van der Waals surface area contributed by atoms with Crippen LogP contribution < -0.4 is 20.1 Å². The van der Waals surface area contributed by atoms with Gasteiger partial charge in [-0.25, -0.2) is 4.68 Å². The first kappa shape index (κ1) is 21.4. The van der Waals surface area contributed by atoms with Crippen molar-refractivity contribution >= 4 is 17.5 Å². The second-order valence-electron chi connectivity index (χ2n) is 7.52. The molecule has 4 rings (SSSR count). The highest BCUT2D eigenvalue weighted by Crippen LogP contribution is 2.36. The Labute approximate surface area is 187 Å². The molecular formula is C24H27N5O3. The Kier molecular flexibility index (Phi) is 6.39. The van der Waals surface area contributed by atoms with Gasteiger partial charge in [-0.15, -0.1) is 0 Å². The first-order valence-electron chi connectivity index (χ1n) is 10.7. The summed E-state index contributed by atoms with van der Waals surface area (Å²) in [4.78, 5) is 17.7. The summed E-state index contributed by atoms with van der Waals surface area (Å²) in [6, 6.07) is 14.7. The highest BCUT2D eigenvalue weighted by atomic mass is 16.5. The average molecular weight is 434 g/mol. The van der Waals surface area contributed by atoms with E-state index in [9.17, 15) is 4.79 Å². The lowest BCUT2D eigenvalue weighted by Crippen LogP contribution is -2.31. The number of anilines is 2. The van der Waals surface area contributed by atoms with Crippen LogP contribution in [-0.4, -0.2) is 34.4 Å². The van der Waals surface area contributed by atoms with Gasteiger partial charge in [0.15, 0.2) is 0 Å². The molecular weight excluding hydrogens is 406 g/mol. The first-order valence-corrected chi connectivity index (χ1v) is 10.7. The molecule has 2 aromatic carbocycles. The fourth-order valence-corrected chi connectivity index (χ4v) is 3.71. The van der Waals surface area contributed by atoms with E-state index in [0.717, 1.165) is 24.2 Å². The Hall–Kier alpha value is -3.81. The van der Waals surface area contributed by atoms with Crippen LogP contribution in [0.5, 0.6) is 11.5 Å². The molecule has 0 saturated heterocycles. The maximum Gasteiger partial charge on any atom is 0.255 e. The second kappa shape index (κ2) is 9.55. The van der Waals surface area contributed by atoms with Crippen LogP contribution >= 0.6 is 0 Å². The molecule has 0 radical (unpaired) electrons. The molecule has 32 heavy (non-hydrogen) atoms. The van der Waals surface area contributed by atoms with Crippen molar-refractivity contribution in [1.82, 2.24) is 14.8 Å². The molecule has 1 aliphatic rings. The van der Waals surface area contributed by atoms with Crippen molar-refractivity contribution in [2.45, 2.75) is 32.7 Å². The summed E-state index contributed by atoms with van der Waals surface area (Å²) in [5.41, 5.74) is 2.77. The van der Waals surface area contributed by atoms with Crippen molar-refractivity contribution in [3.05, 3.63) is 71.7 Å². The van der Waals surface area contributed by atoms with Crippen LogP contribution in [0.1, 0.15) is 38.3 Å². The number of unbranched alkanes of at least 4 members (excludes halogenated alkanes) is 1. The molecule has 1 unspecified atom stereocenters. The lowest BCUT2D eigenvalue weighted by Gasteiger charge is -2.29. The van der Waals surface area contributed by atoms with E-state index in [4.69, 9.17) is 9.47 Å². The van der Waals surface area contributed by atoms with Gasteiger partial charge in [-0.3, -0.25) is 4.79 Å². The number of fused-ring (bicyclic) bond motifs is 1. The Balaban J connectivity index is 1.66. The summed E-state index contributed by atoms with van der Waals surface area (Å²) in [7, 11) is 1.58. The number of rotatable bonds is 8. The number of hydrogen-bond donors (Lipinski definition) is 2. The molecule has 0 aliphatic carbocycles. The van der Waals surface area contributed by atoms with E-state index >= 15 is 0 Å². The molecule has 1 aliphatic heterocycles. The van der Waals surface area contributed by atoms with Gasteiger partial charge in [-0.1, -0.05) is 37.6 Å². The predicted octanol–water partition coefficient (Wildman–Crippen LogP) is 4.39. The van der Waals surface area contributed by atoms with Crippen molar-refractivity contribution in [1.29, 1.82) is 0 Å². The zero-order chi connectivity index (χ0) is 22.5. The number of hydrogen-bond acceptors (Lipinski definition) is 6. The van der Waals surface area contributed by atoms with Crippen LogP contribution in [0, 0.1) is 0 Å². The number of carbonyl (C=O) groups excluding carboxylic acids is 1. The number of para-hydroxylation sites is 2. The maximum atomic E-state index is 13.5. The number of benzene rings is 2. The third-order valence-electron chi connectivity index (χ3n) is 5.36. The van der Waals surface area contributed by atoms with Crippen LogP contribution in [-0.2, 0) is 4.79 Å². The molecule has 2 N–H and O–H groups in total. The third kappa shape index (κ3) is 4.30. The smallest absolute Gasteiger partial charge is 0.255 e. The van der Waals surface area contributed by atoms with Crippen molar-refractivity contribution in [3.8, 4) is 11.5 Å². The summed E-state index contributed by atoms with van der Waals surface area (Å²) >= 11 is 0. The van der Waals surface area contributed by atoms with Gasteiger partial charge in [0.2, 0.25) is 5.95 Å². The number of ether oxygens (including phenoxy) is 2. The van der Waals surface area contributed by atoms with Crippen LogP contribution in [0.2, 0.25) is 0 Å². The van der Waals surface area contributed by atoms with Crippen molar-refractivity contribution in [2.24, 2.45) is 0 Å². The van der Waals surface area contributed by atoms with Crippen LogP contribution in [0.25, 0.3) is 0 Å². The molecule has 166 valence electrons. The lowest BCUT2D eigenvalue weighted by molar-refractivity contribution is -0.113. The molecule has 8 heteroatoms. The molecule has 8 nitrogen and oxygen atoms in total. The summed E-state index contributed by atoms with van der Waals surface area (Å²) in [5.74, 6) is 1.74. The quantitative estimate of drug-likeness (QED) is 0.512. The van der Waals surface area contributed by atoms with Gasteiger partial charge in [-0.05, 0) is 43.2 Å². The van der Waals surface area contributed by atoms with Crippen LogP contribution in [0.15, 0.2) is 66.1 Å². The largest absolute Gasteiger partial charge is 0.495 e. The predicted molar refractivity (Wildman–Crippen MR) is 123 cm³/mol. The van der Waals surface area contributed by atoms with E-state index in [1.165, 1.54) is 6.33 Å². The van der Waals surface area contributed by atoms with Crippen LogP contribution in [0.3, 0.4) is 0 Å². The fraction of sp³-hybridized carbons (Fsp3) is 0.292. The summed E-state index contributed by atoms with van der Waals surface area (Å²) in [6.07, 6.45) is 3.57. The van der Waals surface area contributed by atoms with Gasteiger partial charge >= 0.3 is 0 Å². The van der Waals surface area contributed by atoms with E-state index in [0.29, 0.717) is 35.3 Å². The van der Waals surface area contributed by atoms with Gasteiger partial charge in [0.05, 0.1) is 25.0 Å². The minimum Gasteiger partial charge on any atom is -0.495 e. The monoisotopic (exact) mass is 433 g/mol. The zero-order valence-corrected chi connectivity index (χ0v) is 18.5. The van der Waals surface area contributed by atoms with E-state index < -0.39 is 6.04 Å². The molecule has 0 spiro atoms. The number of aromatic nitrogens is 3. The molecule has 0 bridgehead atoms. The number of methoxy groups -OCH3 is 1. The Morgan fingerprint density at radius 2 is 1.97 bits per heavy atom. The number of nitrogens with zero attached hydrogens (tertiary/aromatic N) is 3. The molecule has 2 heterocycles. The van der Waals surface area contributed by atoms with Gasteiger partial charge in [0, 0.05) is 5.70 Å². The van der Waals surface area contributed by atoms with Gasteiger partial charge < -0.3 is 20.1 Å². The summed E-state index contributed by atoms with van der Waals surface area (Å²) < 4.78 is 12.9. The lowest BCUT2D eigenvalue weighted by atomic mass is 9.95. The van der Waals surface area contributed by atoms with Crippen molar-refractivity contribution in [2.75, 3.05) is 24.4 Å². The summed E-state index contributed by atoms with van der Waals surface area (Å²) in [6.45, 7) is 4.68. The number of carbonyl (C=O) groups is 1. The highest BCUT2D eigenvalue weighted by molar-refractivity contribution is 6.06. The second-order valence-corrected chi connectivity index (χ2v) is 7.52. The van der Waals surface area contributed by atoms with E-state index in [2.05, 4.69) is 27.6 Å². The normalized spacial score (nSPS) is 15.0. The molecule has 3 aromatic rings. The zero-order valence-electron chi connectivity index (χ0n) is 18.5. The van der Waals surface area contributed by atoms with E-state index in [1.54, 1.807) is 23.9 Å². The topological polar surface area (TPSA) is 90.3 Å². The molecule has 0 fully saturated rings. The Morgan fingerprint density at radius 3 is 2.72 bits per heavy atom. The maximum absolute atomic E-state index is 13.5. The molecule has 0 saturated carbocycles. The number of allylic oxidation sites excluding steroid dienone is 1. The third-order valence-corrected chi connectivity index (χ3v) is 5.36. The fourth-order valence-electron chi connectivity index (χ4n) is 3.71. The number of amides is 1. The van der Waals surface area contributed by atoms with E-state index in [-0.39, 0.29) is 5.91 Å². The number of nitrogens with one attached hydrogen (secondary N) is 2. The van der Waals surface area contributed by atoms with Crippen molar-refractivity contribution < 1.29 is 14.3 Å². The van der Waals surface area contributed by atoms with Gasteiger partial charge in [-0.2, -0.15) is 10.1 Å². The molecule has 1 aromatic heterocycles. The Bertz CT molecular complexity index is 1120. The highest BCUT2D eigenvalue weighted by Gasteiger charge is 2.33. The van der Waals surface area contributed by atoms with Crippen LogP contribution in [0.4, 0.5) is 11.6 Å².